The number of methoxy groups -OCH3 is 1. The van der Waals surface area contributed by atoms with Crippen LogP contribution in [0.3, 0.4) is 0 Å². The molecule has 2 aromatic rings. The smallest absolute Gasteiger partial charge is 0.223 e. The second-order valence-electron chi connectivity index (χ2n) is 6.68. The standard InChI is InChI=1S/C18H27N5O2/c1-13-10-19-16(14(2)18(13)24-4)11-22-6-5-7-23(9-8-22)12-17-20-15(3)25-21-17/h10H,5-9,11-12H2,1-4H3. The Kier molecular flexibility index (Phi) is 5.65. The number of aryl methyl sites for hydroxylation is 2. The molecule has 3 rings (SSSR count). The van der Waals surface area contributed by atoms with Crippen LogP contribution in [0.1, 0.15) is 35.0 Å². The maximum Gasteiger partial charge on any atom is 0.223 e. The molecule has 1 saturated heterocycles. The van der Waals surface area contributed by atoms with Crippen LogP contribution in [-0.2, 0) is 13.1 Å². The first-order valence-corrected chi connectivity index (χ1v) is 8.79. The van der Waals surface area contributed by atoms with Gasteiger partial charge in [0, 0.05) is 43.9 Å². The normalized spacial score (nSPS) is 16.8. The summed E-state index contributed by atoms with van der Waals surface area (Å²) in [5, 5.41) is 4.00. The van der Waals surface area contributed by atoms with E-state index in [1.165, 1.54) is 0 Å². The highest BCUT2D eigenvalue weighted by Gasteiger charge is 2.19. The second kappa shape index (κ2) is 7.93. The van der Waals surface area contributed by atoms with Gasteiger partial charge >= 0.3 is 0 Å². The lowest BCUT2D eigenvalue weighted by molar-refractivity contribution is 0.239. The summed E-state index contributed by atoms with van der Waals surface area (Å²) in [5.74, 6) is 2.35. The predicted molar refractivity (Wildman–Crippen MR) is 94.5 cm³/mol. The van der Waals surface area contributed by atoms with Crippen LogP contribution in [0.4, 0.5) is 0 Å². The number of aromatic nitrogens is 3. The summed E-state index contributed by atoms with van der Waals surface area (Å²) in [7, 11) is 1.72. The molecule has 0 aliphatic carbocycles. The highest BCUT2D eigenvalue weighted by atomic mass is 16.5. The number of hydrogen-bond acceptors (Lipinski definition) is 7. The minimum absolute atomic E-state index is 0.626. The zero-order chi connectivity index (χ0) is 17.8. The molecule has 7 nitrogen and oxygen atoms in total. The maximum atomic E-state index is 5.53. The van der Waals surface area contributed by atoms with Gasteiger partial charge in [-0.15, -0.1) is 0 Å². The first kappa shape index (κ1) is 17.8. The Morgan fingerprint density at radius 1 is 1.08 bits per heavy atom. The molecule has 0 atom stereocenters. The molecule has 0 unspecified atom stereocenters. The van der Waals surface area contributed by atoms with Crippen LogP contribution in [0.25, 0.3) is 0 Å². The van der Waals surface area contributed by atoms with Crippen molar-refractivity contribution < 1.29 is 9.26 Å². The fraction of sp³-hybridized carbons (Fsp3) is 0.611. The van der Waals surface area contributed by atoms with Gasteiger partial charge in [0.2, 0.25) is 5.89 Å². The molecule has 2 aromatic heterocycles. The fourth-order valence-corrected chi connectivity index (χ4v) is 3.39. The molecule has 0 aromatic carbocycles. The molecular weight excluding hydrogens is 318 g/mol. The molecule has 0 radical (unpaired) electrons. The molecule has 0 N–H and O–H groups in total. The zero-order valence-electron chi connectivity index (χ0n) is 15.6. The van der Waals surface area contributed by atoms with E-state index >= 15 is 0 Å². The number of hydrogen-bond donors (Lipinski definition) is 0. The maximum absolute atomic E-state index is 5.53. The largest absolute Gasteiger partial charge is 0.496 e. The minimum atomic E-state index is 0.626. The third-order valence-electron chi connectivity index (χ3n) is 4.74. The third-order valence-corrected chi connectivity index (χ3v) is 4.74. The van der Waals surface area contributed by atoms with Gasteiger partial charge in [-0.3, -0.25) is 14.8 Å². The van der Waals surface area contributed by atoms with Crippen molar-refractivity contribution in [1.82, 2.24) is 24.9 Å². The molecule has 3 heterocycles. The summed E-state index contributed by atoms with van der Waals surface area (Å²) in [6.07, 6.45) is 3.03. The Morgan fingerprint density at radius 2 is 1.80 bits per heavy atom. The second-order valence-corrected chi connectivity index (χ2v) is 6.68. The van der Waals surface area contributed by atoms with E-state index in [9.17, 15) is 0 Å². The Morgan fingerprint density at radius 3 is 2.44 bits per heavy atom. The minimum Gasteiger partial charge on any atom is -0.496 e. The van der Waals surface area contributed by atoms with Crippen molar-refractivity contribution in [3.63, 3.8) is 0 Å². The van der Waals surface area contributed by atoms with Gasteiger partial charge in [-0.25, -0.2) is 0 Å². The molecule has 1 aliphatic heterocycles. The van der Waals surface area contributed by atoms with E-state index in [0.29, 0.717) is 5.89 Å². The predicted octanol–water partition coefficient (Wildman–Crippen LogP) is 2.11. The van der Waals surface area contributed by atoms with Crippen molar-refractivity contribution in [2.75, 3.05) is 33.3 Å². The van der Waals surface area contributed by atoms with Crippen molar-refractivity contribution in [1.29, 1.82) is 0 Å². The van der Waals surface area contributed by atoms with E-state index < -0.39 is 0 Å². The van der Waals surface area contributed by atoms with Crippen LogP contribution in [-0.4, -0.2) is 58.2 Å². The molecule has 1 aliphatic rings. The zero-order valence-corrected chi connectivity index (χ0v) is 15.6. The van der Waals surface area contributed by atoms with E-state index in [1.54, 1.807) is 7.11 Å². The Bertz CT molecular complexity index is 715. The van der Waals surface area contributed by atoms with Crippen molar-refractivity contribution in [3.05, 3.63) is 34.7 Å². The molecule has 7 heteroatoms. The van der Waals surface area contributed by atoms with E-state index in [2.05, 4.69) is 31.8 Å². The van der Waals surface area contributed by atoms with Gasteiger partial charge in [0.25, 0.3) is 0 Å². The van der Waals surface area contributed by atoms with Crippen molar-refractivity contribution in [2.24, 2.45) is 0 Å². The molecule has 0 spiro atoms. The van der Waals surface area contributed by atoms with Crippen LogP contribution >= 0.6 is 0 Å². The van der Waals surface area contributed by atoms with E-state index in [1.807, 2.05) is 20.0 Å². The lowest BCUT2D eigenvalue weighted by atomic mass is 10.1. The van der Waals surface area contributed by atoms with Crippen LogP contribution in [0.15, 0.2) is 10.7 Å². The topological polar surface area (TPSA) is 67.5 Å². The van der Waals surface area contributed by atoms with Gasteiger partial charge in [0.05, 0.1) is 19.3 Å². The van der Waals surface area contributed by atoms with Gasteiger partial charge in [-0.2, -0.15) is 4.98 Å². The van der Waals surface area contributed by atoms with Crippen molar-refractivity contribution in [2.45, 2.75) is 40.3 Å². The average Bonchev–Trinajstić information content (AvgIpc) is 2.86. The fourth-order valence-electron chi connectivity index (χ4n) is 3.39. The average molecular weight is 345 g/mol. The molecule has 0 saturated carbocycles. The van der Waals surface area contributed by atoms with Gasteiger partial charge in [0.15, 0.2) is 5.82 Å². The Balaban J connectivity index is 1.60. The molecule has 0 bridgehead atoms. The lowest BCUT2D eigenvalue weighted by Gasteiger charge is -2.22. The first-order chi connectivity index (χ1) is 12.1. The molecular formula is C18H27N5O2. The molecule has 136 valence electrons. The van der Waals surface area contributed by atoms with Gasteiger partial charge in [0.1, 0.15) is 5.75 Å². The summed E-state index contributed by atoms with van der Waals surface area (Å²) >= 11 is 0. The van der Waals surface area contributed by atoms with Gasteiger partial charge in [-0.1, -0.05) is 5.16 Å². The van der Waals surface area contributed by atoms with E-state index in [0.717, 1.165) is 74.1 Å². The highest BCUT2D eigenvalue weighted by molar-refractivity contribution is 5.41. The van der Waals surface area contributed by atoms with Crippen LogP contribution in [0, 0.1) is 20.8 Å². The number of nitrogens with zero attached hydrogens (tertiary/aromatic N) is 5. The molecule has 25 heavy (non-hydrogen) atoms. The van der Waals surface area contributed by atoms with Crippen molar-refractivity contribution in [3.8, 4) is 5.75 Å². The number of rotatable bonds is 5. The van der Waals surface area contributed by atoms with Gasteiger partial charge < -0.3 is 9.26 Å². The van der Waals surface area contributed by atoms with Crippen LogP contribution in [0.2, 0.25) is 0 Å². The van der Waals surface area contributed by atoms with Crippen LogP contribution < -0.4 is 4.74 Å². The third kappa shape index (κ3) is 4.35. The van der Waals surface area contributed by atoms with E-state index in [4.69, 9.17) is 9.26 Å². The summed E-state index contributed by atoms with van der Waals surface area (Å²) in [4.78, 5) is 13.8. The molecule has 0 amide bonds. The summed E-state index contributed by atoms with van der Waals surface area (Å²) in [6.45, 7) is 11.7. The summed E-state index contributed by atoms with van der Waals surface area (Å²) < 4.78 is 10.6. The monoisotopic (exact) mass is 345 g/mol. The Hall–Kier alpha value is -1.99. The SMILES string of the molecule is COc1c(C)cnc(CN2CCCN(Cc3noc(C)n3)CC2)c1C. The Labute approximate surface area is 149 Å². The number of pyridine rings is 1. The van der Waals surface area contributed by atoms with Crippen molar-refractivity contribution >= 4 is 0 Å². The molecule has 1 fully saturated rings. The lowest BCUT2D eigenvalue weighted by Crippen LogP contribution is -2.31. The quantitative estimate of drug-likeness (QED) is 0.822. The van der Waals surface area contributed by atoms with E-state index in [-0.39, 0.29) is 0 Å². The summed E-state index contributed by atoms with van der Waals surface area (Å²) in [5.41, 5.74) is 3.33. The van der Waals surface area contributed by atoms with Crippen LogP contribution in [0.5, 0.6) is 5.75 Å². The highest BCUT2D eigenvalue weighted by Crippen LogP contribution is 2.25. The number of ether oxygens (including phenoxy) is 1. The van der Waals surface area contributed by atoms with Gasteiger partial charge in [-0.05, 0) is 33.4 Å². The first-order valence-electron chi connectivity index (χ1n) is 8.79. The summed E-state index contributed by atoms with van der Waals surface area (Å²) in [6, 6.07) is 0.